The Bertz CT molecular complexity index is 1870. The fourth-order valence-electron chi connectivity index (χ4n) is 4.90. The third-order valence-corrected chi connectivity index (χ3v) is 9.85. The van der Waals surface area contributed by atoms with Crippen molar-refractivity contribution >= 4 is 71.9 Å². The number of hydrogen-bond donors (Lipinski definition) is 1. The van der Waals surface area contributed by atoms with Crippen molar-refractivity contribution in [3.63, 3.8) is 0 Å². The number of carbonyl (C=O) groups is 1. The van der Waals surface area contributed by atoms with Gasteiger partial charge in [-0.15, -0.1) is 11.3 Å². The minimum absolute atomic E-state index is 0.0126. The molecule has 0 atom stereocenters. The number of amides is 1. The van der Waals surface area contributed by atoms with Gasteiger partial charge in [-0.05, 0) is 78.2 Å². The van der Waals surface area contributed by atoms with E-state index in [1.165, 1.54) is 34.4 Å². The highest BCUT2D eigenvalue weighted by Gasteiger charge is 2.27. The maximum absolute atomic E-state index is 13.6. The molecule has 0 bridgehead atoms. The van der Waals surface area contributed by atoms with E-state index >= 15 is 0 Å². The van der Waals surface area contributed by atoms with Crippen LogP contribution in [0.4, 0.5) is 11.4 Å². The SMILES string of the molecule is O=C(c1cc(Cl)ccc1NS(=O)(=O)c1ccc(Oc2ccccc2Cl)cc1)N1CCN(c2cccc3sccc23)CC1. The van der Waals surface area contributed by atoms with E-state index in [1.54, 1.807) is 58.7 Å². The van der Waals surface area contributed by atoms with E-state index < -0.39 is 10.0 Å². The fraction of sp³-hybridized carbons (Fsp3) is 0.129. The van der Waals surface area contributed by atoms with Gasteiger partial charge < -0.3 is 14.5 Å². The zero-order chi connectivity index (χ0) is 29.3. The number of para-hydroxylation sites is 1. The van der Waals surface area contributed by atoms with Gasteiger partial charge in [0.15, 0.2) is 0 Å². The summed E-state index contributed by atoms with van der Waals surface area (Å²) in [6.45, 7) is 2.30. The summed E-state index contributed by atoms with van der Waals surface area (Å²) in [6.07, 6.45) is 0. The van der Waals surface area contributed by atoms with Crippen LogP contribution < -0.4 is 14.4 Å². The van der Waals surface area contributed by atoms with Crippen LogP contribution in [-0.2, 0) is 10.0 Å². The number of hydrogen-bond acceptors (Lipinski definition) is 6. The summed E-state index contributed by atoms with van der Waals surface area (Å²) >= 11 is 14.1. The van der Waals surface area contributed by atoms with Crippen molar-refractivity contribution in [1.29, 1.82) is 0 Å². The molecular formula is C31H25Cl2N3O4S2. The van der Waals surface area contributed by atoms with E-state index in [2.05, 4.69) is 39.3 Å². The number of carbonyl (C=O) groups excluding carboxylic acids is 1. The van der Waals surface area contributed by atoms with Gasteiger partial charge in [0.25, 0.3) is 15.9 Å². The number of anilines is 2. The van der Waals surface area contributed by atoms with Crippen molar-refractivity contribution < 1.29 is 17.9 Å². The second kappa shape index (κ2) is 11.9. The number of fused-ring (bicyclic) bond motifs is 1. The summed E-state index contributed by atoms with van der Waals surface area (Å²) < 4.78 is 36.2. The molecule has 1 aliphatic heterocycles. The smallest absolute Gasteiger partial charge is 0.261 e. The minimum atomic E-state index is -4.02. The van der Waals surface area contributed by atoms with E-state index in [0.29, 0.717) is 47.7 Å². The third kappa shape index (κ3) is 5.91. The summed E-state index contributed by atoms with van der Waals surface area (Å²) in [5.74, 6) is 0.604. The van der Waals surface area contributed by atoms with Gasteiger partial charge in [0, 0.05) is 47.0 Å². The standard InChI is InChI=1S/C31H25Cl2N3O4S2/c32-21-8-13-27(34-42(38,39)23-11-9-22(10-12-23)40-29-6-2-1-4-26(29)33)25(20-21)31(37)36-17-15-35(16-18-36)28-5-3-7-30-24(28)14-19-41-30/h1-14,19-20,34H,15-18H2. The molecule has 4 aromatic carbocycles. The normalized spacial score (nSPS) is 13.8. The van der Waals surface area contributed by atoms with Gasteiger partial charge in [0.2, 0.25) is 0 Å². The van der Waals surface area contributed by atoms with Crippen LogP contribution >= 0.6 is 34.5 Å². The van der Waals surface area contributed by atoms with Crippen molar-refractivity contribution in [3.8, 4) is 11.5 Å². The summed E-state index contributed by atoms with van der Waals surface area (Å²) in [6, 6.07) is 25.9. The zero-order valence-corrected chi connectivity index (χ0v) is 25.3. The van der Waals surface area contributed by atoms with Crippen LogP contribution in [0.1, 0.15) is 10.4 Å². The Labute approximate surface area is 257 Å². The highest BCUT2D eigenvalue weighted by atomic mass is 35.5. The molecular weight excluding hydrogens is 613 g/mol. The Balaban J connectivity index is 1.17. The van der Waals surface area contributed by atoms with Gasteiger partial charge in [-0.25, -0.2) is 8.42 Å². The monoisotopic (exact) mass is 637 g/mol. The molecule has 1 amide bonds. The molecule has 0 spiro atoms. The largest absolute Gasteiger partial charge is 0.456 e. The number of thiophene rings is 1. The molecule has 214 valence electrons. The van der Waals surface area contributed by atoms with Gasteiger partial charge in [-0.1, -0.05) is 41.4 Å². The van der Waals surface area contributed by atoms with Crippen LogP contribution in [0.25, 0.3) is 10.1 Å². The molecule has 0 unspecified atom stereocenters. The molecule has 11 heteroatoms. The third-order valence-electron chi connectivity index (χ3n) is 7.04. The first kappa shape index (κ1) is 28.4. The summed E-state index contributed by atoms with van der Waals surface area (Å²) in [7, 11) is -4.02. The number of benzene rings is 4. The first-order valence-corrected chi connectivity index (χ1v) is 16.3. The topological polar surface area (TPSA) is 78.9 Å². The predicted octanol–water partition coefficient (Wildman–Crippen LogP) is 7.76. The van der Waals surface area contributed by atoms with Crippen molar-refractivity contribution in [1.82, 2.24) is 4.90 Å². The van der Waals surface area contributed by atoms with Crippen LogP contribution in [0.3, 0.4) is 0 Å². The lowest BCUT2D eigenvalue weighted by Gasteiger charge is -2.36. The Hall–Kier alpha value is -3.76. The second-order valence-corrected chi connectivity index (χ2v) is 13.2. The van der Waals surface area contributed by atoms with Crippen LogP contribution in [0, 0.1) is 0 Å². The molecule has 1 aromatic heterocycles. The van der Waals surface area contributed by atoms with Gasteiger partial charge in [0.1, 0.15) is 11.5 Å². The Morgan fingerprint density at radius 1 is 0.857 bits per heavy atom. The molecule has 0 aliphatic carbocycles. The molecule has 7 nitrogen and oxygen atoms in total. The quantitative estimate of drug-likeness (QED) is 0.197. The maximum atomic E-state index is 13.6. The molecule has 2 heterocycles. The van der Waals surface area contributed by atoms with E-state index in [9.17, 15) is 13.2 Å². The Kier molecular flexibility index (Phi) is 8.00. The number of ether oxygens (including phenoxy) is 1. The lowest BCUT2D eigenvalue weighted by atomic mass is 10.1. The average Bonchev–Trinajstić information content (AvgIpc) is 3.49. The Morgan fingerprint density at radius 2 is 1.62 bits per heavy atom. The molecule has 1 N–H and O–H groups in total. The van der Waals surface area contributed by atoms with Crippen LogP contribution in [0.15, 0.2) is 101 Å². The molecule has 6 rings (SSSR count). The molecule has 42 heavy (non-hydrogen) atoms. The zero-order valence-electron chi connectivity index (χ0n) is 22.2. The molecule has 5 aromatic rings. The number of halogens is 2. The molecule has 1 saturated heterocycles. The van der Waals surface area contributed by atoms with Crippen LogP contribution in [-0.4, -0.2) is 45.4 Å². The fourth-order valence-corrected chi connectivity index (χ4v) is 7.14. The number of sulfonamides is 1. The van der Waals surface area contributed by atoms with Gasteiger partial charge in [0.05, 0.1) is 21.2 Å². The van der Waals surface area contributed by atoms with E-state index in [4.69, 9.17) is 27.9 Å². The van der Waals surface area contributed by atoms with E-state index in [0.717, 1.165) is 5.69 Å². The van der Waals surface area contributed by atoms with Crippen molar-refractivity contribution in [3.05, 3.63) is 112 Å². The Morgan fingerprint density at radius 3 is 2.38 bits per heavy atom. The van der Waals surface area contributed by atoms with Crippen LogP contribution in [0.2, 0.25) is 10.0 Å². The highest BCUT2D eigenvalue weighted by Crippen LogP contribution is 2.33. The summed E-state index contributed by atoms with van der Waals surface area (Å²) in [4.78, 5) is 17.7. The van der Waals surface area contributed by atoms with Crippen LogP contribution in [0.5, 0.6) is 11.5 Å². The van der Waals surface area contributed by atoms with Gasteiger partial charge in [-0.3, -0.25) is 9.52 Å². The highest BCUT2D eigenvalue weighted by molar-refractivity contribution is 7.92. The lowest BCUT2D eigenvalue weighted by Crippen LogP contribution is -2.49. The number of rotatable bonds is 7. The molecule has 1 fully saturated rings. The molecule has 0 radical (unpaired) electrons. The van der Waals surface area contributed by atoms with Crippen molar-refractivity contribution in [2.75, 3.05) is 35.8 Å². The van der Waals surface area contributed by atoms with Gasteiger partial charge >= 0.3 is 0 Å². The van der Waals surface area contributed by atoms with E-state index in [1.807, 2.05) is 0 Å². The predicted molar refractivity (Wildman–Crippen MR) is 170 cm³/mol. The minimum Gasteiger partial charge on any atom is -0.456 e. The molecule has 1 aliphatic rings. The lowest BCUT2D eigenvalue weighted by molar-refractivity contribution is 0.0748. The number of nitrogens with one attached hydrogen (secondary N) is 1. The summed E-state index contributed by atoms with van der Waals surface area (Å²) in [5, 5.41) is 4.07. The second-order valence-electron chi connectivity index (χ2n) is 9.69. The maximum Gasteiger partial charge on any atom is 0.261 e. The van der Waals surface area contributed by atoms with Gasteiger partial charge in [-0.2, -0.15) is 0 Å². The van der Waals surface area contributed by atoms with E-state index in [-0.39, 0.29) is 22.1 Å². The summed E-state index contributed by atoms with van der Waals surface area (Å²) in [5.41, 5.74) is 1.50. The number of piperazine rings is 1. The van der Waals surface area contributed by atoms with Crippen molar-refractivity contribution in [2.45, 2.75) is 4.90 Å². The number of nitrogens with zero attached hydrogens (tertiary/aromatic N) is 2. The van der Waals surface area contributed by atoms with Crippen molar-refractivity contribution in [2.24, 2.45) is 0 Å². The first-order valence-electron chi connectivity index (χ1n) is 13.1. The first-order chi connectivity index (χ1) is 20.3. The molecule has 0 saturated carbocycles. The average molecular weight is 639 g/mol.